The van der Waals surface area contributed by atoms with Crippen molar-refractivity contribution in [3.63, 3.8) is 0 Å². The largest absolute Gasteiger partial charge is 0.395 e. The van der Waals surface area contributed by atoms with Crippen molar-refractivity contribution >= 4 is 15.8 Å². The fourth-order valence-electron chi connectivity index (χ4n) is 3.70. The lowest BCUT2D eigenvalue weighted by Crippen LogP contribution is -2.40. The second-order valence-corrected chi connectivity index (χ2v) is 8.23. The van der Waals surface area contributed by atoms with Crippen LogP contribution in [0.2, 0.25) is 0 Å². The van der Waals surface area contributed by atoms with E-state index in [-0.39, 0.29) is 29.1 Å². The Morgan fingerprint density at radius 2 is 1.95 bits per heavy atom. The lowest BCUT2D eigenvalue weighted by atomic mass is 9.78. The zero-order chi connectivity index (χ0) is 15.9. The van der Waals surface area contributed by atoms with Crippen molar-refractivity contribution in [3.8, 4) is 0 Å². The van der Waals surface area contributed by atoms with E-state index in [0.29, 0.717) is 19.4 Å². The molecule has 1 aromatic rings. The van der Waals surface area contributed by atoms with E-state index in [2.05, 4.69) is 0 Å². The maximum absolute atomic E-state index is 12.9. The Morgan fingerprint density at radius 3 is 2.59 bits per heavy atom. The molecule has 0 bridgehead atoms. The molecule has 1 aromatic carbocycles. The summed E-state index contributed by atoms with van der Waals surface area (Å²) in [4.78, 5) is 11.9. The number of ketones is 1. The van der Waals surface area contributed by atoms with Crippen LogP contribution in [-0.2, 0) is 14.8 Å². The number of hydrogen-bond donors (Lipinski definition) is 1. The second kappa shape index (κ2) is 5.76. The van der Waals surface area contributed by atoms with E-state index in [9.17, 15) is 18.3 Å². The van der Waals surface area contributed by atoms with Crippen molar-refractivity contribution in [3.05, 3.63) is 29.8 Å². The molecule has 0 radical (unpaired) electrons. The highest BCUT2D eigenvalue weighted by Crippen LogP contribution is 2.41. The molecule has 5 nitrogen and oxygen atoms in total. The molecule has 1 N–H and O–H groups in total. The summed E-state index contributed by atoms with van der Waals surface area (Å²) in [7, 11) is -3.63. The van der Waals surface area contributed by atoms with Gasteiger partial charge in [0, 0.05) is 19.4 Å². The van der Waals surface area contributed by atoms with Gasteiger partial charge in [-0.1, -0.05) is 17.7 Å². The Bertz CT molecular complexity index is 668. The van der Waals surface area contributed by atoms with Crippen LogP contribution in [0.15, 0.2) is 29.2 Å². The highest BCUT2D eigenvalue weighted by Gasteiger charge is 2.48. The van der Waals surface area contributed by atoms with Crippen LogP contribution in [0.25, 0.3) is 0 Å². The number of aliphatic hydroxyl groups excluding tert-OH is 1. The smallest absolute Gasteiger partial charge is 0.243 e. The van der Waals surface area contributed by atoms with Crippen LogP contribution in [0.4, 0.5) is 0 Å². The normalized spacial score (nSPS) is 29.5. The number of sulfonamides is 1. The number of nitrogens with zero attached hydrogens (tertiary/aromatic N) is 1. The fourth-order valence-corrected chi connectivity index (χ4v) is 5.42. The zero-order valence-corrected chi connectivity index (χ0v) is 13.4. The molecule has 0 aromatic heterocycles. The van der Waals surface area contributed by atoms with Crippen molar-refractivity contribution in [1.82, 2.24) is 4.31 Å². The van der Waals surface area contributed by atoms with E-state index in [0.717, 1.165) is 12.0 Å². The Labute approximate surface area is 131 Å². The summed E-state index contributed by atoms with van der Waals surface area (Å²) < 4.78 is 27.1. The first-order valence-electron chi connectivity index (χ1n) is 7.64. The van der Waals surface area contributed by atoms with E-state index >= 15 is 0 Å². The third kappa shape index (κ3) is 2.59. The number of carbonyl (C=O) groups is 1. The number of fused-ring (bicyclic) bond motifs is 1. The van der Waals surface area contributed by atoms with Crippen LogP contribution >= 0.6 is 0 Å². The average Bonchev–Trinajstić information content (AvgIpc) is 2.86. The molecule has 120 valence electrons. The molecule has 1 aliphatic carbocycles. The minimum absolute atomic E-state index is 0.0496. The third-order valence-corrected chi connectivity index (χ3v) is 6.86. The summed E-state index contributed by atoms with van der Waals surface area (Å²) in [5.41, 5.74) is 0.998. The van der Waals surface area contributed by atoms with Crippen molar-refractivity contribution in [1.29, 1.82) is 0 Å². The fraction of sp³-hybridized carbons (Fsp3) is 0.562. The summed E-state index contributed by atoms with van der Waals surface area (Å²) in [6.45, 7) is 2.07. The molecule has 0 amide bonds. The molecule has 2 aliphatic rings. The summed E-state index contributed by atoms with van der Waals surface area (Å²) in [5, 5.41) is 9.70. The maximum atomic E-state index is 12.9. The Morgan fingerprint density at radius 1 is 1.27 bits per heavy atom. The Balaban J connectivity index is 1.93. The average molecular weight is 323 g/mol. The summed E-state index contributed by atoms with van der Waals surface area (Å²) in [6, 6.07) is 6.26. The SMILES string of the molecule is Cc1ccc(S(=O)(=O)N2C[C@@H]3CCC(=O)C[C@@H]3[C@H]2CO)cc1. The first kappa shape index (κ1) is 15.6. The van der Waals surface area contributed by atoms with Crippen molar-refractivity contribution in [2.45, 2.75) is 37.1 Å². The Hall–Kier alpha value is -1.24. The number of carbonyl (C=O) groups excluding carboxylic acids is 1. The van der Waals surface area contributed by atoms with Crippen LogP contribution in [0.5, 0.6) is 0 Å². The van der Waals surface area contributed by atoms with Crippen LogP contribution in [0, 0.1) is 18.8 Å². The number of aryl methyl sites for hydroxylation is 1. The molecular formula is C16H21NO4S. The standard InChI is InChI=1S/C16H21NO4S/c1-11-2-6-14(7-3-11)22(20,21)17-9-12-4-5-13(19)8-15(12)16(17)10-18/h2-3,6-7,12,15-16,18H,4-5,8-10H2,1H3/t12-,15-,16+/m0/s1. The molecule has 3 atom stereocenters. The number of hydrogen-bond acceptors (Lipinski definition) is 4. The van der Waals surface area contributed by atoms with Crippen molar-refractivity contribution in [2.24, 2.45) is 11.8 Å². The minimum Gasteiger partial charge on any atom is -0.395 e. The molecule has 0 spiro atoms. The van der Waals surface area contributed by atoms with Gasteiger partial charge in [0.1, 0.15) is 5.78 Å². The molecular weight excluding hydrogens is 302 g/mol. The van der Waals surface area contributed by atoms with Gasteiger partial charge in [-0.25, -0.2) is 8.42 Å². The van der Waals surface area contributed by atoms with E-state index in [4.69, 9.17) is 0 Å². The minimum atomic E-state index is -3.63. The molecule has 1 saturated carbocycles. The van der Waals surface area contributed by atoms with Crippen LogP contribution in [0.3, 0.4) is 0 Å². The van der Waals surface area contributed by atoms with E-state index in [1.54, 1.807) is 24.3 Å². The van der Waals surface area contributed by atoms with Gasteiger partial charge in [-0.05, 0) is 37.3 Å². The highest BCUT2D eigenvalue weighted by atomic mass is 32.2. The lowest BCUT2D eigenvalue weighted by Gasteiger charge is -2.28. The van der Waals surface area contributed by atoms with Gasteiger partial charge in [-0.15, -0.1) is 0 Å². The van der Waals surface area contributed by atoms with Crippen LogP contribution < -0.4 is 0 Å². The van der Waals surface area contributed by atoms with Gasteiger partial charge in [-0.3, -0.25) is 4.79 Å². The van der Waals surface area contributed by atoms with E-state index < -0.39 is 16.1 Å². The number of rotatable bonds is 3. The van der Waals surface area contributed by atoms with Crippen molar-refractivity contribution in [2.75, 3.05) is 13.2 Å². The second-order valence-electron chi connectivity index (χ2n) is 6.34. The number of Topliss-reactive ketones (excluding diaryl/α,β-unsaturated/α-hetero) is 1. The number of aliphatic hydroxyl groups is 1. The molecule has 1 saturated heterocycles. The van der Waals surface area contributed by atoms with Gasteiger partial charge < -0.3 is 5.11 Å². The molecule has 6 heteroatoms. The quantitative estimate of drug-likeness (QED) is 0.911. The highest BCUT2D eigenvalue weighted by molar-refractivity contribution is 7.89. The summed E-state index contributed by atoms with van der Waals surface area (Å²) >= 11 is 0. The third-order valence-electron chi connectivity index (χ3n) is 4.96. The van der Waals surface area contributed by atoms with Gasteiger partial charge in [0.25, 0.3) is 0 Å². The first-order chi connectivity index (χ1) is 10.4. The number of benzene rings is 1. The maximum Gasteiger partial charge on any atom is 0.243 e. The van der Waals surface area contributed by atoms with E-state index in [1.165, 1.54) is 4.31 Å². The van der Waals surface area contributed by atoms with Gasteiger partial charge in [-0.2, -0.15) is 4.31 Å². The topological polar surface area (TPSA) is 74.7 Å². The Kier molecular flexibility index (Phi) is 4.09. The molecule has 22 heavy (non-hydrogen) atoms. The zero-order valence-electron chi connectivity index (χ0n) is 12.6. The van der Waals surface area contributed by atoms with Crippen LogP contribution in [-0.4, -0.2) is 42.8 Å². The van der Waals surface area contributed by atoms with Gasteiger partial charge in [0.05, 0.1) is 17.5 Å². The monoisotopic (exact) mass is 323 g/mol. The molecule has 2 fully saturated rings. The first-order valence-corrected chi connectivity index (χ1v) is 9.08. The molecule has 1 aliphatic heterocycles. The summed E-state index contributed by atoms with van der Waals surface area (Å²) in [5.74, 6) is 0.302. The molecule has 3 rings (SSSR count). The van der Waals surface area contributed by atoms with Gasteiger partial charge in [0.2, 0.25) is 10.0 Å². The van der Waals surface area contributed by atoms with E-state index in [1.807, 2.05) is 6.92 Å². The molecule has 0 unspecified atom stereocenters. The summed E-state index contributed by atoms with van der Waals surface area (Å²) in [6.07, 6.45) is 1.63. The molecule has 1 heterocycles. The predicted molar refractivity (Wildman–Crippen MR) is 81.8 cm³/mol. The lowest BCUT2D eigenvalue weighted by molar-refractivity contribution is -0.122. The van der Waals surface area contributed by atoms with Crippen LogP contribution in [0.1, 0.15) is 24.8 Å². The van der Waals surface area contributed by atoms with Crippen molar-refractivity contribution < 1.29 is 18.3 Å². The van der Waals surface area contributed by atoms with Gasteiger partial charge >= 0.3 is 0 Å². The van der Waals surface area contributed by atoms with Gasteiger partial charge in [0.15, 0.2) is 0 Å². The predicted octanol–water partition coefficient (Wildman–Crippen LogP) is 1.35.